The van der Waals surface area contributed by atoms with E-state index in [9.17, 15) is 13.2 Å². The molecule has 1 atom stereocenters. The minimum absolute atomic E-state index is 0. The predicted molar refractivity (Wildman–Crippen MR) is 98.1 cm³/mol. The first-order chi connectivity index (χ1) is 11.8. The Morgan fingerprint density at radius 3 is 2.54 bits per heavy atom. The van der Waals surface area contributed by atoms with E-state index >= 15 is 0 Å². The molecule has 0 saturated carbocycles. The molecule has 2 aromatic carbocycles. The molecule has 0 spiro atoms. The van der Waals surface area contributed by atoms with Crippen LogP contribution in [0.1, 0.15) is 21.5 Å². The Labute approximate surface area is 156 Å². The summed E-state index contributed by atoms with van der Waals surface area (Å²) in [6.07, 6.45) is 1.15. The fraction of sp³-hybridized carbons (Fsp3) is 0.235. The fourth-order valence-electron chi connectivity index (χ4n) is 2.99. The van der Waals surface area contributed by atoms with Crippen LogP contribution in [0.25, 0.3) is 0 Å². The summed E-state index contributed by atoms with van der Waals surface area (Å²) in [4.78, 5) is 12.6. The van der Waals surface area contributed by atoms with Gasteiger partial charge in [-0.15, -0.1) is 0 Å². The molecule has 0 bridgehead atoms. The van der Waals surface area contributed by atoms with Gasteiger partial charge in [0, 0.05) is 11.1 Å². The van der Waals surface area contributed by atoms with Crippen LogP contribution >= 0.6 is 11.6 Å². The van der Waals surface area contributed by atoms with E-state index in [0.29, 0.717) is 29.2 Å². The lowest BCUT2D eigenvalue weighted by molar-refractivity contribution is 0.0935. The molecule has 3 rings (SSSR count). The second-order valence-electron chi connectivity index (χ2n) is 5.90. The number of halogens is 1. The molecule has 1 aliphatic rings. The molecule has 0 fully saturated rings. The Balaban J connectivity index is 0.00000243. The average molecular weight is 399 g/mol. The Bertz CT molecular complexity index is 946. The number of hydrogen-bond donors (Lipinski definition) is 2. The lowest BCUT2D eigenvalue weighted by Gasteiger charge is -2.14. The number of hydrogen-bond acceptors (Lipinski definition) is 4. The number of nitrogens with one attached hydrogen (secondary N) is 1. The summed E-state index contributed by atoms with van der Waals surface area (Å²) in [5.41, 5.74) is 2.22. The quantitative estimate of drug-likeness (QED) is 0.797. The predicted octanol–water partition coefficient (Wildman–Crippen LogP) is 1.07. The van der Waals surface area contributed by atoms with Crippen LogP contribution in [-0.2, 0) is 22.9 Å². The van der Waals surface area contributed by atoms with Crippen LogP contribution in [0.3, 0.4) is 0 Å². The highest BCUT2D eigenvalue weighted by Gasteiger charge is 2.25. The number of methoxy groups -OCH3 is 1. The van der Waals surface area contributed by atoms with Crippen LogP contribution in [0.2, 0.25) is 5.02 Å². The molecular formula is C17H19ClN2O5S. The van der Waals surface area contributed by atoms with Gasteiger partial charge in [0.25, 0.3) is 5.91 Å². The smallest absolute Gasteiger partial charge is 0.255 e. The maximum atomic E-state index is 12.5. The van der Waals surface area contributed by atoms with Crippen LogP contribution < -0.4 is 15.2 Å². The minimum Gasteiger partial charge on any atom is -0.496 e. The Morgan fingerprint density at radius 1 is 1.19 bits per heavy atom. The third-order valence-corrected chi connectivity index (χ3v) is 5.33. The summed E-state index contributed by atoms with van der Waals surface area (Å²) < 4.78 is 28.1. The molecule has 0 radical (unpaired) electrons. The van der Waals surface area contributed by atoms with Gasteiger partial charge in [0.2, 0.25) is 10.0 Å². The Morgan fingerprint density at radius 2 is 1.88 bits per heavy atom. The number of amides is 1. The zero-order chi connectivity index (χ0) is 18.2. The highest BCUT2D eigenvalue weighted by molar-refractivity contribution is 7.89. The van der Waals surface area contributed by atoms with E-state index < -0.39 is 10.0 Å². The molecule has 0 heterocycles. The van der Waals surface area contributed by atoms with Crippen molar-refractivity contribution in [1.82, 2.24) is 5.32 Å². The fourth-order valence-corrected chi connectivity index (χ4v) is 3.73. The van der Waals surface area contributed by atoms with Gasteiger partial charge in [-0.1, -0.05) is 17.7 Å². The third kappa shape index (κ3) is 4.16. The summed E-state index contributed by atoms with van der Waals surface area (Å²) in [7, 11) is -2.25. The Hall–Kier alpha value is -2.13. The van der Waals surface area contributed by atoms with Crippen LogP contribution in [0.5, 0.6) is 5.75 Å². The standard InChI is InChI=1S/C17H17ClN2O4S.H2O/c1-24-16-5-3-12(18)9-15(16)17(21)20-13-6-10-2-4-14(25(19,22)23)8-11(10)7-13;/h2-5,8-9,13H,6-7H2,1H3,(H,20,21)(H2,19,22,23);1H2. The van der Waals surface area contributed by atoms with Gasteiger partial charge >= 0.3 is 0 Å². The van der Waals surface area contributed by atoms with Crippen molar-refractivity contribution in [1.29, 1.82) is 0 Å². The van der Waals surface area contributed by atoms with Crippen LogP contribution in [0.4, 0.5) is 0 Å². The normalized spacial score (nSPS) is 15.7. The third-order valence-electron chi connectivity index (χ3n) is 4.18. The first-order valence-electron chi connectivity index (χ1n) is 7.57. The summed E-state index contributed by atoms with van der Waals surface area (Å²) in [6, 6.07) is 9.49. The van der Waals surface area contributed by atoms with Gasteiger partial charge in [0.15, 0.2) is 0 Å². The molecule has 9 heteroatoms. The number of nitrogens with two attached hydrogens (primary N) is 1. The van der Waals surface area contributed by atoms with Gasteiger partial charge in [-0.2, -0.15) is 0 Å². The van der Waals surface area contributed by atoms with Gasteiger partial charge in [-0.25, -0.2) is 13.6 Å². The van der Waals surface area contributed by atoms with Crippen molar-refractivity contribution in [3.63, 3.8) is 0 Å². The summed E-state index contributed by atoms with van der Waals surface area (Å²) in [5.74, 6) is 0.151. The van der Waals surface area contributed by atoms with E-state index in [1.807, 2.05) is 0 Å². The Kier molecular flexibility index (Phi) is 5.92. The molecule has 0 aliphatic heterocycles. The summed E-state index contributed by atoms with van der Waals surface area (Å²) >= 11 is 5.96. The molecule has 7 nitrogen and oxygen atoms in total. The van der Waals surface area contributed by atoms with Gasteiger partial charge < -0.3 is 15.5 Å². The molecule has 1 aliphatic carbocycles. The van der Waals surface area contributed by atoms with Crippen molar-refractivity contribution in [3.05, 3.63) is 58.1 Å². The van der Waals surface area contributed by atoms with Crippen LogP contribution in [0.15, 0.2) is 41.3 Å². The van der Waals surface area contributed by atoms with E-state index in [4.69, 9.17) is 21.5 Å². The highest BCUT2D eigenvalue weighted by atomic mass is 35.5. The van der Waals surface area contributed by atoms with Gasteiger partial charge in [0.1, 0.15) is 5.75 Å². The number of carbonyl (C=O) groups is 1. The number of fused-ring (bicyclic) bond motifs is 1. The minimum atomic E-state index is -3.74. The van der Waals surface area contributed by atoms with Crippen molar-refractivity contribution in [2.45, 2.75) is 23.8 Å². The first-order valence-corrected chi connectivity index (χ1v) is 9.49. The maximum absolute atomic E-state index is 12.5. The molecule has 0 aromatic heterocycles. The van der Waals surface area contributed by atoms with Crippen LogP contribution in [0, 0.1) is 0 Å². The number of primary sulfonamides is 1. The van der Waals surface area contributed by atoms with E-state index in [2.05, 4.69) is 5.32 Å². The molecule has 0 saturated heterocycles. The maximum Gasteiger partial charge on any atom is 0.255 e. The molecule has 140 valence electrons. The van der Waals surface area contributed by atoms with Crippen LogP contribution in [-0.4, -0.2) is 33.0 Å². The van der Waals surface area contributed by atoms with Gasteiger partial charge in [-0.05, 0) is 54.3 Å². The molecule has 5 N–H and O–H groups in total. The zero-order valence-electron chi connectivity index (χ0n) is 14.0. The van der Waals surface area contributed by atoms with Crippen molar-refractivity contribution in [2.75, 3.05) is 7.11 Å². The van der Waals surface area contributed by atoms with E-state index in [1.165, 1.54) is 13.2 Å². The highest BCUT2D eigenvalue weighted by Crippen LogP contribution is 2.26. The molecule has 2 aromatic rings. The SMILES string of the molecule is COc1ccc(Cl)cc1C(=O)NC1Cc2ccc(S(N)(=O)=O)cc2C1.O. The van der Waals surface area contributed by atoms with E-state index in [0.717, 1.165) is 11.1 Å². The second-order valence-corrected chi connectivity index (χ2v) is 7.90. The van der Waals surface area contributed by atoms with Crippen molar-refractivity contribution < 1.29 is 23.4 Å². The number of ether oxygens (including phenoxy) is 1. The molecule has 1 unspecified atom stereocenters. The van der Waals surface area contributed by atoms with Crippen molar-refractivity contribution in [3.8, 4) is 5.75 Å². The average Bonchev–Trinajstić information content (AvgIpc) is 2.95. The lowest BCUT2D eigenvalue weighted by Crippen LogP contribution is -2.35. The van der Waals surface area contributed by atoms with E-state index in [1.54, 1.807) is 30.3 Å². The van der Waals surface area contributed by atoms with Gasteiger partial charge in [-0.3, -0.25) is 4.79 Å². The molecule has 26 heavy (non-hydrogen) atoms. The first kappa shape index (κ1) is 20.2. The zero-order valence-corrected chi connectivity index (χ0v) is 15.5. The van der Waals surface area contributed by atoms with Gasteiger partial charge in [0.05, 0.1) is 17.6 Å². The van der Waals surface area contributed by atoms with Crippen molar-refractivity contribution >= 4 is 27.5 Å². The monoisotopic (exact) mass is 398 g/mol. The topological polar surface area (TPSA) is 130 Å². The number of benzene rings is 2. The summed E-state index contributed by atoms with van der Waals surface area (Å²) in [6.45, 7) is 0. The number of sulfonamides is 1. The lowest BCUT2D eigenvalue weighted by atomic mass is 10.1. The van der Waals surface area contributed by atoms with Crippen molar-refractivity contribution in [2.24, 2.45) is 5.14 Å². The second kappa shape index (κ2) is 7.63. The van der Waals surface area contributed by atoms with E-state index in [-0.39, 0.29) is 22.3 Å². The number of rotatable bonds is 4. The number of carbonyl (C=O) groups excluding carboxylic acids is 1. The summed E-state index contributed by atoms with van der Waals surface area (Å²) in [5, 5.41) is 8.55. The molecule has 1 amide bonds. The molecular weight excluding hydrogens is 380 g/mol. The largest absolute Gasteiger partial charge is 0.496 e.